The molecule has 1 aliphatic heterocycles. The zero-order valence-corrected chi connectivity index (χ0v) is 15.2. The topological polar surface area (TPSA) is 78.1 Å². The number of nitrogens with one attached hydrogen (secondary N) is 2. The number of hydrogen-bond donors (Lipinski definition) is 2. The highest BCUT2D eigenvalue weighted by Gasteiger charge is 2.36. The standard InChI is InChI=1S/C16H26N4O2S/c1-11-13(12(2)19-15(22)18-11)5-6-14(21)17-9-16(20(3)4)7-8-23-10-16/h5-10H2,1-4H3,(H,17,21)(H,18,19,22)/t16-/m1/s1. The molecule has 0 bridgehead atoms. The summed E-state index contributed by atoms with van der Waals surface area (Å²) in [6, 6.07) is 0. The molecule has 0 saturated carbocycles. The number of carbonyl (C=O) groups excluding carboxylic acids is 1. The number of carbonyl (C=O) groups is 1. The fourth-order valence-electron chi connectivity index (χ4n) is 2.96. The van der Waals surface area contributed by atoms with Gasteiger partial charge in [-0.25, -0.2) is 4.79 Å². The van der Waals surface area contributed by atoms with Gasteiger partial charge in [0.05, 0.1) is 0 Å². The number of amides is 1. The summed E-state index contributed by atoms with van der Waals surface area (Å²) < 4.78 is 0. The van der Waals surface area contributed by atoms with Crippen LogP contribution in [0.15, 0.2) is 4.79 Å². The van der Waals surface area contributed by atoms with Gasteiger partial charge in [0.15, 0.2) is 0 Å². The van der Waals surface area contributed by atoms with Gasteiger partial charge < -0.3 is 15.2 Å². The second-order valence-corrected chi connectivity index (χ2v) is 7.53. The van der Waals surface area contributed by atoms with Crippen LogP contribution < -0.4 is 11.0 Å². The highest BCUT2D eigenvalue weighted by Crippen LogP contribution is 2.31. The van der Waals surface area contributed by atoms with Crippen LogP contribution in [0, 0.1) is 13.8 Å². The van der Waals surface area contributed by atoms with Crippen LogP contribution in [0.3, 0.4) is 0 Å². The molecule has 1 saturated heterocycles. The molecule has 1 fully saturated rings. The van der Waals surface area contributed by atoms with E-state index in [0.29, 0.717) is 25.1 Å². The molecule has 0 unspecified atom stereocenters. The minimum atomic E-state index is -0.333. The van der Waals surface area contributed by atoms with E-state index in [0.717, 1.165) is 29.2 Å². The highest BCUT2D eigenvalue weighted by molar-refractivity contribution is 7.99. The Morgan fingerprint density at radius 3 is 2.74 bits per heavy atom. The number of aryl methyl sites for hydroxylation is 2. The first-order valence-corrected chi connectivity index (χ1v) is 9.08. The average molecular weight is 338 g/mol. The van der Waals surface area contributed by atoms with Crippen molar-refractivity contribution in [2.75, 3.05) is 32.1 Å². The lowest BCUT2D eigenvalue weighted by Crippen LogP contribution is -2.53. The second kappa shape index (κ2) is 7.49. The zero-order chi connectivity index (χ0) is 17.0. The maximum Gasteiger partial charge on any atom is 0.345 e. The maximum atomic E-state index is 12.2. The first-order chi connectivity index (χ1) is 10.8. The Hall–Kier alpha value is -1.34. The van der Waals surface area contributed by atoms with Crippen molar-refractivity contribution in [2.45, 2.75) is 38.6 Å². The van der Waals surface area contributed by atoms with Gasteiger partial charge in [0.1, 0.15) is 0 Å². The quantitative estimate of drug-likeness (QED) is 0.805. The Labute approximate surface area is 141 Å². The third-order valence-electron chi connectivity index (χ3n) is 4.70. The van der Waals surface area contributed by atoms with E-state index in [1.165, 1.54) is 0 Å². The third-order valence-corrected chi connectivity index (χ3v) is 5.94. The van der Waals surface area contributed by atoms with Gasteiger partial charge in [0.25, 0.3) is 0 Å². The highest BCUT2D eigenvalue weighted by atomic mass is 32.2. The van der Waals surface area contributed by atoms with E-state index in [4.69, 9.17) is 0 Å². The molecule has 2 heterocycles. The SMILES string of the molecule is Cc1nc(=O)[nH]c(C)c1CCC(=O)NC[C@]1(N(C)C)CCSC1. The van der Waals surface area contributed by atoms with E-state index in [1.807, 2.05) is 25.6 Å². The molecule has 2 rings (SSSR count). The van der Waals surface area contributed by atoms with Crippen LogP contribution in [0.25, 0.3) is 0 Å². The van der Waals surface area contributed by atoms with E-state index in [1.54, 1.807) is 0 Å². The molecule has 6 nitrogen and oxygen atoms in total. The molecule has 0 radical (unpaired) electrons. The first-order valence-electron chi connectivity index (χ1n) is 7.92. The molecule has 1 atom stereocenters. The van der Waals surface area contributed by atoms with Crippen LogP contribution in [0.1, 0.15) is 29.8 Å². The lowest BCUT2D eigenvalue weighted by molar-refractivity contribution is -0.121. The molecular weight excluding hydrogens is 312 g/mol. The molecule has 2 N–H and O–H groups in total. The molecule has 1 amide bonds. The van der Waals surface area contributed by atoms with Crippen molar-refractivity contribution in [1.82, 2.24) is 20.2 Å². The second-order valence-electron chi connectivity index (χ2n) is 6.43. The number of thioether (sulfide) groups is 1. The molecule has 1 aliphatic rings. The van der Waals surface area contributed by atoms with Gasteiger partial charge in [-0.2, -0.15) is 16.7 Å². The Kier molecular flexibility index (Phi) is 5.86. The monoisotopic (exact) mass is 338 g/mol. The predicted octanol–water partition coefficient (Wildman–Crippen LogP) is 0.873. The largest absolute Gasteiger partial charge is 0.354 e. The van der Waals surface area contributed by atoms with Gasteiger partial charge in [0.2, 0.25) is 5.91 Å². The summed E-state index contributed by atoms with van der Waals surface area (Å²) in [6.45, 7) is 4.35. The van der Waals surface area contributed by atoms with Gasteiger partial charge in [-0.15, -0.1) is 0 Å². The van der Waals surface area contributed by atoms with Crippen LogP contribution in [0.2, 0.25) is 0 Å². The third kappa shape index (κ3) is 4.35. The molecule has 23 heavy (non-hydrogen) atoms. The van der Waals surface area contributed by atoms with Crippen molar-refractivity contribution in [1.29, 1.82) is 0 Å². The molecule has 7 heteroatoms. The fourth-order valence-corrected chi connectivity index (χ4v) is 4.51. The molecule has 0 aliphatic carbocycles. The van der Waals surface area contributed by atoms with Gasteiger partial charge in [-0.05, 0) is 52.1 Å². The number of nitrogens with zero attached hydrogens (tertiary/aromatic N) is 2. The zero-order valence-electron chi connectivity index (χ0n) is 14.4. The smallest absolute Gasteiger partial charge is 0.345 e. The van der Waals surface area contributed by atoms with E-state index >= 15 is 0 Å². The van der Waals surface area contributed by atoms with Crippen molar-refractivity contribution >= 4 is 17.7 Å². The van der Waals surface area contributed by atoms with Crippen LogP contribution in [-0.2, 0) is 11.2 Å². The maximum absolute atomic E-state index is 12.2. The van der Waals surface area contributed by atoms with Crippen LogP contribution in [0.5, 0.6) is 0 Å². The van der Waals surface area contributed by atoms with E-state index in [-0.39, 0.29) is 17.1 Å². The van der Waals surface area contributed by atoms with Gasteiger partial charge in [0, 0.05) is 35.6 Å². The number of likely N-dealkylation sites (N-methyl/N-ethyl adjacent to an activating group) is 1. The van der Waals surface area contributed by atoms with Crippen molar-refractivity contribution in [3.05, 3.63) is 27.4 Å². The Balaban J connectivity index is 1.90. The Bertz CT molecular complexity index is 595. The molecule has 128 valence electrons. The van der Waals surface area contributed by atoms with Crippen molar-refractivity contribution in [2.24, 2.45) is 0 Å². The summed E-state index contributed by atoms with van der Waals surface area (Å²) in [6.07, 6.45) is 2.11. The molecular formula is C16H26N4O2S. The molecule has 1 aromatic rings. The summed E-state index contributed by atoms with van der Waals surface area (Å²) in [7, 11) is 4.16. The molecule has 1 aromatic heterocycles. The minimum Gasteiger partial charge on any atom is -0.354 e. The normalized spacial score (nSPS) is 20.9. The predicted molar refractivity (Wildman–Crippen MR) is 94.0 cm³/mol. The number of H-pyrrole nitrogens is 1. The van der Waals surface area contributed by atoms with Gasteiger partial charge >= 0.3 is 5.69 Å². The molecule has 0 aromatic carbocycles. The lowest BCUT2D eigenvalue weighted by Gasteiger charge is -2.35. The van der Waals surface area contributed by atoms with Crippen molar-refractivity contribution in [3.63, 3.8) is 0 Å². The average Bonchev–Trinajstić information content (AvgIpc) is 2.94. The summed E-state index contributed by atoms with van der Waals surface area (Å²) in [5.41, 5.74) is 2.20. The minimum absolute atomic E-state index is 0.0492. The van der Waals surface area contributed by atoms with E-state index < -0.39 is 0 Å². The summed E-state index contributed by atoms with van der Waals surface area (Å²) in [4.78, 5) is 32.3. The van der Waals surface area contributed by atoms with Crippen LogP contribution >= 0.6 is 11.8 Å². The van der Waals surface area contributed by atoms with Gasteiger partial charge in [-0.3, -0.25) is 4.79 Å². The van der Waals surface area contributed by atoms with Crippen LogP contribution in [0.4, 0.5) is 0 Å². The van der Waals surface area contributed by atoms with Crippen molar-refractivity contribution < 1.29 is 4.79 Å². The molecule has 0 spiro atoms. The van der Waals surface area contributed by atoms with Gasteiger partial charge in [-0.1, -0.05) is 0 Å². The number of aromatic amines is 1. The lowest BCUT2D eigenvalue weighted by atomic mass is 9.97. The number of rotatable bonds is 6. The van der Waals surface area contributed by atoms with Crippen molar-refractivity contribution in [3.8, 4) is 0 Å². The van der Waals surface area contributed by atoms with E-state index in [9.17, 15) is 9.59 Å². The number of hydrogen-bond acceptors (Lipinski definition) is 5. The Morgan fingerprint density at radius 1 is 1.43 bits per heavy atom. The summed E-state index contributed by atoms with van der Waals surface area (Å²) >= 11 is 1.94. The summed E-state index contributed by atoms with van der Waals surface area (Å²) in [5, 5.41) is 3.08. The van der Waals surface area contributed by atoms with Crippen LogP contribution in [-0.4, -0.2) is 58.5 Å². The summed E-state index contributed by atoms with van der Waals surface area (Å²) in [5.74, 6) is 2.26. The number of aromatic nitrogens is 2. The fraction of sp³-hybridized carbons (Fsp3) is 0.688. The van der Waals surface area contributed by atoms with E-state index in [2.05, 4.69) is 34.3 Å². The Morgan fingerprint density at radius 2 is 2.17 bits per heavy atom. The first kappa shape index (κ1) is 18.0.